The van der Waals surface area contributed by atoms with Crippen molar-refractivity contribution in [2.45, 2.75) is 24.3 Å². The zero-order chi connectivity index (χ0) is 23.4. The van der Waals surface area contributed by atoms with Crippen molar-refractivity contribution in [3.8, 4) is 22.8 Å². The van der Waals surface area contributed by atoms with Gasteiger partial charge in [-0.05, 0) is 55.3 Å². The van der Waals surface area contributed by atoms with Crippen molar-refractivity contribution in [1.29, 1.82) is 0 Å². The first-order valence-corrected chi connectivity index (χ1v) is 11.6. The number of nitrogens with zero attached hydrogens (tertiary/aromatic N) is 2. The average Bonchev–Trinajstić information content (AvgIpc) is 3.30. The Morgan fingerprint density at radius 3 is 2.24 bits per heavy atom. The van der Waals surface area contributed by atoms with Crippen molar-refractivity contribution in [2.24, 2.45) is 0 Å². The summed E-state index contributed by atoms with van der Waals surface area (Å²) < 4.78 is 33.1. The third-order valence-corrected chi connectivity index (χ3v) is 6.51. The number of aryl methyl sites for hydroxylation is 1. The third-order valence-electron chi connectivity index (χ3n) is 5.03. The molecule has 1 atom stereocenters. The largest absolute Gasteiger partial charge is 0.480 e. The van der Waals surface area contributed by atoms with Crippen LogP contribution in [0.4, 0.5) is 0 Å². The highest BCUT2D eigenvalue weighted by Crippen LogP contribution is 2.23. The highest BCUT2D eigenvalue weighted by Gasteiger charge is 2.26. The lowest BCUT2D eigenvalue weighted by atomic mass is 10.1. The fourth-order valence-corrected chi connectivity index (χ4v) is 4.41. The van der Waals surface area contributed by atoms with Crippen LogP contribution in [-0.4, -0.2) is 35.7 Å². The number of nitrogens with one attached hydrogen (secondary N) is 1. The molecule has 0 aliphatic rings. The molecule has 0 aliphatic carbocycles. The molecule has 1 aromatic heterocycles. The predicted molar refractivity (Wildman–Crippen MR) is 122 cm³/mol. The summed E-state index contributed by atoms with van der Waals surface area (Å²) in [6, 6.07) is 21.0. The van der Waals surface area contributed by atoms with E-state index in [1.807, 2.05) is 31.2 Å². The van der Waals surface area contributed by atoms with Gasteiger partial charge in [-0.2, -0.15) is 9.71 Å². The van der Waals surface area contributed by atoms with E-state index in [4.69, 9.17) is 4.52 Å². The number of aliphatic carboxylic acids is 1. The van der Waals surface area contributed by atoms with Gasteiger partial charge in [0, 0.05) is 11.1 Å². The van der Waals surface area contributed by atoms with Crippen LogP contribution in [0.15, 0.2) is 88.3 Å². The van der Waals surface area contributed by atoms with Crippen LogP contribution in [0.25, 0.3) is 22.8 Å². The fourth-order valence-electron chi connectivity index (χ4n) is 3.22. The van der Waals surface area contributed by atoms with E-state index >= 15 is 0 Å². The van der Waals surface area contributed by atoms with Crippen LogP contribution in [0.5, 0.6) is 0 Å². The van der Waals surface area contributed by atoms with Crippen LogP contribution in [0, 0.1) is 6.92 Å². The lowest BCUT2D eigenvalue weighted by molar-refractivity contribution is -0.138. The minimum Gasteiger partial charge on any atom is -0.480 e. The first-order valence-electron chi connectivity index (χ1n) is 10.1. The van der Waals surface area contributed by atoms with Gasteiger partial charge in [0.2, 0.25) is 15.8 Å². The number of carboxylic acid groups (broad SMARTS) is 1. The molecule has 168 valence electrons. The minimum atomic E-state index is -4.06. The van der Waals surface area contributed by atoms with E-state index in [2.05, 4.69) is 14.9 Å². The molecule has 8 nitrogen and oxygen atoms in total. The maximum Gasteiger partial charge on any atom is 0.322 e. The maximum absolute atomic E-state index is 12.8. The Balaban J connectivity index is 1.51. The van der Waals surface area contributed by atoms with Gasteiger partial charge in [0.25, 0.3) is 5.89 Å². The molecular weight excluding hydrogens is 442 g/mol. The van der Waals surface area contributed by atoms with E-state index in [-0.39, 0.29) is 11.3 Å². The van der Waals surface area contributed by atoms with Crippen molar-refractivity contribution in [3.63, 3.8) is 0 Å². The molecular formula is C24H21N3O5S. The Hall–Kier alpha value is -3.82. The highest BCUT2D eigenvalue weighted by atomic mass is 32.2. The third kappa shape index (κ3) is 5.33. The van der Waals surface area contributed by atoms with Crippen molar-refractivity contribution < 1.29 is 22.8 Å². The second-order valence-corrected chi connectivity index (χ2v) is 9.23. The zero-order valence-electron chi connectivity index (χ0n) is 17.7. The number of rotatable bonds is 8. The quantitative estimate of drug-likeness (QED) is 0.409. The van der Waals surface area contributed by atoms with Gasteiger partial charge in [-0.15, -0.1) is 0 Å². The minimum absolute atomic E-state index is 0.0259. The second-order valence-electron chi connectivity index (χ2n) is 7.52. The van der Waals surface area contributed by atoms with Crippen molar-refractivity contribution >= 4 is 16.0 Å². The predicted octanol–water partition coefficient (Wildman–Crippen LogP) is 3.69. The molecule has 0 radical (unpaired) electrons. The Labute approximate surface area is 191 Å². The Kier molecular flexibility index (Phi) is 6.34. The first kappa shape index (κ1) is 22.4. The molecule has 0 spiro atoms. The molecule has 33 heavy (non-hydrogen) atoms. The molecule has 9 heteroatoms. The van der Waals surface area contributed by atoms with Crippen LogP contribution in [-0.2, 0) is 21.2 Å². The summed E-state index contributed by atoms with van der Waals surface area (Å²) in [4.78, 5) is 15.9. The summed E-state index contributed by atoms with van der Waals surface area (Å²) in [5, 5.41) is 13.5. The summed E-state index contributed by atoms with van der Waals surface area (Å²) in [6.07, 6.45) is 0.0259. The van der Waals surface area contributed by atoms with Crippen molar-refractivity contribution in [1.82, 2.24) is 14.9 Å². The lowest BCUT2D eigenvalue weighted by Gasteiger charge is -2.15. The van der Waals surface area contributed by atoms with Crippen molar-refractivity contribution in [3.05, 3.63) is 90.0 Å². The van der Waals surface area contributed by atoms with E-state index in [1.54, 1.807) is 42.5 Å². The van der Waals surface area contributed by atoms with Crippen LogP contribution >= 0.6 is 0 Å². The Morgan fingerprint density at radius 2 is 1.61 bits per heavy atom. The molecule has 0 fully saturated rings. The van der Waals surface area contributed by atoms with Gasteiger partial charge in [-0.1, -0.05) is 53.2 Å². The fraction of sp³-hybridized carbons (Fsp3) is 0.125. The van der Waals surface area contributed by atoms with Gasteiger partial charge in [0.05, 0.1) is 4.90 Å². The Bertz CT molecular complexity index is 1350. The molecule has 4 aromatic rings. The van der Waals surface area contributed by atoms with Gasteiger partial charge in [0.1, 0.15) is 6.04 Å². The molecule has 0 saturated carbocycles. The first-order chi connectivity index (χ1) is 15.8. The van der Waals surface area contributed by atoms with Crippen LogP contribution < -0.4 is 4.72 Å². The molecule has 0 aliphatic heterocycles. The number of benzene rings is 3. The van der Waals surface area contributed by atoms with Gasteiger partial charge in [-0.25, -0.2) is 8.42 Å². The standard InChI is InChI=1S/C24H21N3O5S/c1-16-7-9-19(10-8-16)23-25-22(26-32-23)18-11-13-20(14-12-18)33(30,31)27-21(24(28)29)15-17-5-3-2-4-6-17/h2-14,21,27H,15H2,1H3,(H,28,29). The van der Waals surface area contributed by atoms with Crippen LogP contribution in [0.3, 0.4) is 0 Å². The molecule has 3 aromatic carbocycles. The maximum atomic E-state index is 12.8. The van der Waals surface area contributed by atoms with E-state index < -0.39 is 22.0 Å². The topological polar surface area (TPSA) is 122 Å². The van der Waals surface area contributed by atoms with Crippen LogP contribution in [0.1, 0.15) is 11.1 Å². The molecule has 0 amide bonds. The number of carbonyl (C=O) groups is 1. The van der Waals surface area contributed by atoms with Gasteiger partial charge in [0.15, 0.2) is 0 Å². The summed E-state index contributed by atoms with van der Waals surface area (Å²) in [6.45, 7) is 1.98. The molecule has 1 unspecified atom stereocenters. The van der Waals surface area contributed by atoms with Gasteiger partial charge < -0.3 is 9.63 Å². The number of aromatic nitrogens is 2. The summed E-state index contributed by atoms with van der Waals surface area (Å²) in [5.41, 5.74) is 3.17. The summed E-state index contributed by atoms with van der Waals surface area (Å²) >= 11 is 0. The SMILES string of the molecule is Cc1ccc(-c2nc(-c3ccc(S(=O)(=O)NC(Cc4ccccc4)C(=O)O)cc3)no2)cc1. The summed E-state index contributed by atoms with van der Waals surface area (Å²) in [7, 11) is -4.06. The van der Waals surface area contributed by atoms with E-state index in [0.717, 1.165) is 11.1 Å². The smallest absolute Gasteiger partial charge is 0.322 e. The molecule has 0 saturated heterocycles. The zero-order valence-corrected chi connectivity index (χ0v) is 18.5. The Morgan fingerprint density at radius 1 is 0.970 bits per heavy atom. The average molecular weight is 464 g/mol. The second kappa shape index (κ2) is 9.35. The molecule has 4 rings (SSSR count). The number of sulfonamides is 1. The molecule has 0 bridgehead atoms. The number of carboxylic acids is 1. The normalized spacial score (nSPS) is 12.4. The highest BCUT2D eigenvalue weighted by molar-refractivity contribution is 7.89. The number of hydrogen-bond donors (Lipinski definition) is 2. The van der Waals surface area contributed by atoms with E-state index in [1.165, 1.54) is 12.1 Å². The van der Waals surface area contributed by atoms with Gasteiger partial charge >= 0.3 is 5.97 Å². The number of hydrogen-bond acceptors (Lipinski definition) is 6. The monoisotopic (exact) mass is 463 g/mol. The molecule has 1 heterocycles. The summed E-state index contributed by atoms with van der Waals surface area (Å²) in [5.74, 6) is -0.585. The molecule has 2 N–H and O–H groups in total. The van der Waals surface area contributed by atoms with Crippen LogP contribution in [0.2, 0.25) is 0 Å². The van der Waals surface area contributed by atoms with Crippen molar-refractivity contribution in [2.75, 3.05) is 0 Å². The lowest BCUT2D eigenvalue weighted by Crippen LogP contribution is -2.42. The van der Waals surface area contributed by atoms with E-state index in [0.29, 0.717) is 22.8 Å². The van der Waals surface area contributed by atoms with Gasteiger partial charge in [-0.3, -0.25) is 4.79 Å². The van der Waals surface area contributed by atoms with E-state index in [9.17, 15) is 18.3 Å².